The van der Waals surface area contributed by atoms with E-state index in [1.54, 1.807) is 12.3 Å². The molecule has 0 fully saturated rings. The van der Waals surface area contributed by atoms with Crippen LogP contribution in [0.15, 0.2) is 18.5 Å². The number of carbonyl (C=O) groups is 1. The predicted octanol–water partition coefficient (Wildman–Crippen LogP) is 1.67. The fraction of sp³-hybridized carbons (Fsp3) is 0.538. The fourth-order valence-corrected chi connectivity index (χ4v) is 1.53. The zero-order chi connectivity index (χ0) is 12.9. The quantitative estimate of drug-likeness (QED) is 0.817. The summed E-state index contributed by atoms with van der Waals surface area (Å²) in [5.41, 5.74) is 0.658. The van der Waals surface area contributed by atoms with E-state index in [2.05, 4.69) is 10.3 Å². The van der Waals surface area contributed by atoms with Gasteiger partial charge in [-0.05, 0) is 31.4 Å². The van der Waals surface area contributed by atoms with Gasteiger partial charge in [0, 0.05) is 18.9 Å². The highest BCUT2D eigenvalue weighted by molar-refractivity contribution is 5.94. The Balaban J connectivity index is 2.62. The fourth-order valence-electron chi connectivity index (χ4n) is 1.53. The van der Waals surface area contributed by atoms with E-state index in [0.717, 1.165) is 5.56 Å². The number of aliphatic hydroxyl groups is 1. The Bertz CT molecular complexity index is 387. The van der Waals surface area contributed by atoms with Crippen molar-refractivity contribution >= 4 is 5.91 Å². The maximum atomic E-state index is 11.8. The predicted molar refractivity (Wildman–Crippen MR) is 66.8 cm³/mol. The minimum Gasteiger partial charge on any atom is -0.388 e. The molecule has 0 aliphatic carbocycles. The van der Waals surface area contributed by atoms with Crippen molar-refractivity contribution < 1.29 is 9.90 Å². The largest absolute Gasteiger partial charge is 0.388 e. The van der Waals surface area contributed by atoms with E-state index >= 15 is 0 Å². The lowest BCUT2D eigenvalue weighted by atomic mass is 9.97. The summed E-state index contributed by atoms with van der Waals surface area (Å²) < 4.78 is 0. The molecule has 0 aliphatic rings. The van der Waals surface area contributed by atoms with Gasteiger partial charge in [0.05, 0.1) is 11.2 Å². The first-order valence-electron chi connectivity index (χ1n) is 5.93. The van der Waals surface area contributed by atoms with E-state index in [1.807, 2.05) is 20.8 Å². The highest BCUT2D eigenvalue weighted by Gasteiger charge is 2.22. The molecule has 0 saturated carbocycles. The molecule has 1 rings (SSSR count). The van der Waals surface area contributed by atoms with Crippen LogP contribution in [0.5, 0.6) is 0 Å². The zero-order valence-corrected chi connectivity index (χ0v) is 10.7. The third kappa shape index (κ3) is 3.82. The van der Waals surface area contributed by atoms with Gasteiger partial charge in [0.1, 0.15) is 0 Å². The molecule has 2 N–H and O–H groups in total. The Labute approximate surface area is 102 Å². The van der Waals surface area contributed by atoms with Gasteiger partial charge in [-0.15, -0.1) is 0 Å². The average molecular weight is 236 g/mol. The maximum absolute atomic E-state index is 11.8. The third-order valence-corrected chi connectivity index (χ3v) is 3.03. The van der Waals surface area contributed by atoms with Gasteiger partial charge in [-0.2, -0.15) is 0 Å². The number of hydrogen-bond acceptors (Lipinski definition) is 3. The van der Waals surface area contributed by atoms with Gasteiger partial charge < -0.3 is 10.4 Å². The molecule has 94 valence electrons. The monoisotopic (exact) mass is 236 g/mol. The van der Waals surface area contributed by atoms with Crippen molar-refractivity contribution in [1.29, 1.82) is 0 Å². The van der Waals surface area contributed by atoms with E-state index in [9.17, 15) is 9.90 Å². The molecule has 1 amide bonds. The Kier molecular flexibility index (Phi) is 4.63. The van der Waals surface area contributed by atoms with E-state index in [-0.39, 0.29) is 12.5 Å². The first kappa shape index (κ1) is 13.6. The summed E-state index contributed by atoms with van der Waals surface area (Å²) in [6, 6.07) is 1.78. The third-order valence-electron chi connectivity index (χ3n) is 3.03. The molecule has 0 aromatic carbocycles. The van der Waals surface area contributed by atoms with Crippen LogP contribution in [0.1, 0.15) is 42.6 Å². The molecule has 4 nitrogen and oxygen atoms in total. The van der Waals surface area contributed by atoms with E-state index in [0.29, 0.717) is 18.4 Å². The Morgan fingerprint density at radius 1 is 1.41 bits per heavy atom. The highest BCUT2D eigenvalue weighted by Crippen LogP contribution is 2.13. The molecule has 1 aromatic rings. The van der Waals surface area contributed by atoms with Crippen molar-refractivity contribution in [3.63, 3.8) is 0 Å². The smallest absolute Gasteiger partial charge is 0.252 e. The van der Waals surface area contributed by atoms with Gasteiger partial charge in [0.25, 0.3) is 5.91 Å². The van der Waals surface area contributed by atoms with Crippen LogP contribution in [-0.4, -0.2) is 28.1 Å². The van der Waals surface area contributed by atoms with Gasteiger partial charge in [-0.3, -0.25) is 9.78 Å². The topological polar surface area (TPSA) is 62.2 Å². The van der Waals surface area contributed by atoms with Crippen molar-refractivity contribution in [1.82, 2.24) is 10.3 Å². The number of amides is 1. The van der Waals surface area contributed by atoms with Crippen LogP contribution in [0.3, 0.4) is 0 Å². The number of rotatable bonds is 5. The second-order valence-corrected chi connectivity index (χ2v) is 4.37. The molecule has 0 bridgehead atoms. The van der Waals surface area contributed by atoms with Crippen molar-refractivity contribution in [2.75, 3.05) is 6.54 Å². The van der Waals surface area contributed by atoms with Gasteiger partial charge in [-0.1, -0.05) is 13.8 Å². The molecule has 4 heteroatoms. The number of nitrogens with one attached hydrogen (secondary N) is 1. The van der Waals surface area contributed by atoms with E-state index in [4.69, 9.17) is 0 Å². The molecule has 0 radical (unpaired) electrons. The summed E-state index contributed by atoms with van der Waals surface area (Å²) in [6.07, 6.45) is 4.47. The van der Waals surface area contributed by atoms with Crippen LogP contribution in [0.2, 0.25) is 0 Å². The summed E-state index contributed by atoms with van der Waals surface area (Å²) in [5.74, 6) is -0.193. The molecule has 17 heavy (non-hydrogen) atoms. The number of aromatic nitrogens is 1. The second-order valence-electron chi connectivity index (χ2n) is 4.37. The lowest BCUT2D eigenvalue weighted by Crippen LogP contribution is -2.42. The molecular formula is C13H20N2O2. The number of pyridine rings is 1. The SMILES string of the molecule is CCC(O)(CC)CNC(=O)c1cncc(C)c1. The van der Waals surface area contributed by atoms with Crippen LogP contribution in [0.25, 0.3) is 0 Å². The Morgan fingerprint density at radius 2 is 2.06 bits per heavy atom. The van der Waals surface area contributed by atoms with Gasteiger partial charge in [0.2, 0.25) is 0 Å². The van der Waals surface area contributed by atoms with Crippen molar-refractivity contribution in [2.45, 2.75) is 39.2 Å². The van der Waals surface area contributed by atoms with Crippen molar-refractivity contribution in [2.24, 2.45) is 0 Å². The molecule has 0 saturated heterocycles. The van der Waals surface area contributed by atoms with E-state index < -0.39 is 5.60 Å². The highest BCUT2D eigenvalue weighted by atomic mass is 16.3. The number of carbonyl (C=O) groups excluding carboxylic acids is 1. The summed E-state index contributed by atoms with van der Waals surface area (Å²) in [5, 5.41) is 12.8. The molecule has 1 heterocycles. The van der Waals surface area contributed by atoms with Crippen LogP contribution in [0.4, 0.5) is 0 Å². The first-order chi connectivity index (χ1) is 8.00. The summed E-state index contributed by atoms with van der Waals surface area (Å²) in [7, 11) is 0. The normalized spacial score (nSPS) is 11.3. The molecule has 0 atom stereocenters. The number of aryl methyl sites for hydroxylation is 1. The number of nitrogens with zero attached hydrogens (tertiary/aromatic N) is 1. The summed E-state index contributed by atoms with van der Waals surface area (Å²) >= 11 is 0. The second kappa shape index (κ2) is 5.77. The Hall–Kier alpha value is -1.42. The maximum Gasteiger partial charge on any atom is 0.252 e. The molecule has 0 unspecified atom stereocenters. The molecule has 1 aromatic heterocycles. The van der Waals surface area contributed by atoms with Crippen LogP contribution in [0, 0.1) is 6.92 Å². The van der Waals surface area contributed by atoms with Crippen LogP contribution in [-0.2, 0) is 0 Å². The minimum absolute atomic E-state index is 0.193. The van der Waals surface area contributed by atoms with Crippen molar-refractivity contribution in [3.8, 4) is 0 Å². The van der Waals surface area contributed by atoms with Crippen molar-refractivity contribution in [3.05, 3.63) is 29.6 Å². The van der Waals surface area contributed by atoms with Gasteiger partial charge in [0.15, 0.2) is 0 Å². The lowest BCUT2D eigenvalue weighted by molar-refractivity contribution is 0.0314. The summed E-state index contributed by atoms with van der Waals surface area (Å²) in [6.45, 7) is 5.97. The summed E-state index contributed by atoms with van der Waals surface area (Å²) in [4.78, 5) is 15.8. The first-order valence-corrected chi connectivity index (χ1v) is 5.93. The average Bonchev–Trinajstić information content (AvgIpc) is 2.35. The minimum atomic E-state index is -0.813. The molecular weight excluding hydrogens is 216 g/mol. The zero-order valence-electron chi connectivity index (χ0n) is 10.7. The van der Waals surface area contributed by atoms with Gasteiger partial charge >= 0.3 is 0 Å². The lowest BCUT2D eigenvalue weighted by Gasteiger charge is -2.25. The molecule has 0 spiro atoms. The Morgan fingerprint density at radius 3 is 2.59 bits per heavy atom. The molecule has 0 aliphatic heterocycles. The standard InChI is InChI=1S/C13H20N2O2/c1-4-13(17,5-2)9-15-12(16)11-6-10(3)7-14-8-11/h6-8,17H,4-5,9H2,1-3H3,(H,15,16). The van der Waals surface area contributed by atoms with Crippen LogP contribution >= 0.6 is 0 Å². The van der Waals surface area contributed by atoms with Gasteiger partial charge in [-0.25, -0.2) is 0 Å². The number of hydrogen-bond donors (Lipinski definition) is 2. The van der Waals surface area contributed by atoms with E-state index in [1.165, 1.54) is 6.20 Å². The van der Waals surface area contributed by atoms with Crippen LogP contribution < -0.4 is 5.32 Å².